The van der Waals surface area contributed by atoms with Gasteiger partial charge in [0.1, 0.15) is 5.76 Å². The Bertz CT molecular complexity index is 436. The van der Waals surface area contributed by atoms with Crippen molar-refractivity contribution in [3.63, 3.8) is 0 Å². The van der Waals surface area contributed by atoms with E-state index in [-0.39, 0.29) is 0 Å². The molecule has 0 saturated heterocycles. The molecule has 1 aromatic rings. The van der Waals surface area contributed by atoms with Gasteiger partial charge in [0.05, 0.1) is 13.2 Å². The van der Waals surface area contributed by atoms with Gasteiger partial charge in [0.2, 0.25) is 6.29 Å². The van der Waals surface area contributed by atoms with E-state index in [4.69, 9.17) is 9.47 Å². The summed E-state index contributed by atoms with van der Waals surface area (Å²) < 4.78 is 15.2. The summed E-state index contributed by atoms with van der Waals surface area (Å²) in [7, 11) is 2.89. The van der Waals surface area contributed by atoms with Crippen molar-refractivity contribution >= 4 is 11.7 Å². The molecule has 0 radical (unpaired) electrons. The number of fused-ring (bicyclic) bond motifs is 1. The molecule has 4 heteroatoms. The summed E-state index contributed by atoms with van der Waals surface area (Å²) in [5, 5.41) is 0. The summed E-state index contributed by atoms with van der Waals surface area (Å²) in [6.45, 7) is 0. The van der Waals surface area contributed by atoms with Gasteiger partial charge < -0.3 is 14.2 Å². The van der Waals surface area contributed by atoms with E-state index in [0.717, 1.165) is 11.1 Å². The topological polar surface area (TPSA) is 44.8 Å². The van der Waals surface area contributed by atoms with Crippen LogP contribution in [-0.4, -0.2) is 20.2 Å². The van der Waals surface area contributed by atoms with Crippen LogP contribution in [-0.2, 0) is 19.0 Å². The van der Waals surface area contributed by atoms with Gasteiger partial charge in [-0.15, -0.1) is 0 Å². The summed E-state index contributed by atoms with van der Waals surface area (Å²) in [6, 6.07) is 7.56. The van der Waals surface area contributed by atoms with E-state index in [1.807, 2.05) is 24.3 Å². The second-order valence-corrected chi connectivity index (χ2v) is 3.30. The van der Waals surface area contributed by atoms with Crippen molar-refractivity contribution in [3.8, 4) is 0 Å². The SMILES string of the molecule is COC(=O)/C=C1/OC(OC)c2ccccc21. The zero-order valence-electron chi connectivity index (χ0n) is 9.10. The maximum atomic E-state index is 11.2. The number of benzene rings is 1. The van der Waals surface area contributed by atoms with Gasteiger partial charge in [-0.05, 0) is 0 Å². The first-order valence-corrected chi connectivity index (χ1v) is 4.84. The number of rotatable bonds is 2. The van der Waals surface area contributed by atoms with Crippen molar-refractivity contribution in [2.45, 2.75) is 6.29 Å². The normalized spacial score (nSPS) is 20.4. The molecule has 0 fully saturated rings. The minimum atomic E-state index is -0.452. The predicted octanol–water partition coefficient (Wildman–Crippen LogP) is 1.88. The quantitative estimate of drug-likeness (QED) is 0.564. The average molecular weight is 220 g/mol. The second-order valence-electron chi connectivity index (χ2n) is 3.30. The number of carbonyl (C=O) groups is 1. The van der Waals surface area contributed by atoms with E-state index >= 15 is 0 Å². The Labute approximate surface area is 93.4 Å². The predicted molar refractivity (Wildman–Crippen MR) is 57.3 cm³/mol. The van der Waals surface area contributed by atoms with Crippen molar-refractivity contribution < 1.29 is 19.0 Å². The van der Waals surface area contributed by atoms with Gasteiger partial charge in [-0.1, -0.05) is 24.3 Å². The molecule has 0 saturated carbocycles. The molecule has 4 nitrogen and oxygen atoms in total. The molecule has 0 amide bonds. The highest BCUT2D eigenvalue weighted by atomic mass is 16.7. The molecule has 1 atom stereocenters. The second kappa shape index (κ2) is 4.37. The summed E-state index contributed by atoms with van der Waals surface area (Å²) in [6.07, 6.45) is 0.866. The highest BCUT2D eigenvalue weighted by molar-refractivity contribution is 5.90. The maximum absolute atomic E-state index is 11.2. The molecular formula is C12H12O4. The maximum Gasteiger partial charge on any atom is 0.334 e. The third-order valence-corrected chi connectivity index (χ3v) is 2.38. The Morgan fingerprint density at radius 3 is 2.81 bits per heavy atom. The van der Waals surface area contributed by atoms with Crippen molar-refractivity contribution in [2.75, 3.05) is 14.2 Å². The number of carbonyl (C=O) groups excluding carboxylic acids is 1. The molecule has 0 N–H and O–H groups in total. The highest BCUT2D eigenvalue weighted by Crippen LogP contribution is 2.38. The first-order chi connectivity index (χ1) is 7.76. The highest BCUT2D eigenvalue weighted by Gasteiger charge is 2.27. The lowest BCUT2D eigenvalue weighted by molar-refractivity contribution is -0.135. The first kappa shape index (κ1) is 10.7. The van der Waals surface area contributed by atoms with Crippen molar-refractivity contribution in [1.29, 1.82) is 0 Å². The van der Waals surface area contributed by atoms with E-state index in [2.05, 4.69) is 4.74 Å². The summed E-state index contributed by atoms with van der Waals surface area (Å²) in [5.74, 6) is 0.0378. The van der Waals surface area contributed by atoms with Gasteiger partial charge in [-0.2, -0.15) is 0 Å². The monoisotopic (exact) mass is 220 g/mol. The lowest BCUT2D eigenvalue weighted by Crippen LogP contribution is -1.98. The Kier molecular flexibility index (Phi) is 2.92. The molecule has 1 heterocycles. The molecule has 0 aliphatic carbocycles. The van der Waals surface area contributed by atoms with E-state index in [1.54, 1.807) is 7.11 Å². The smallest absolute Gasteiger partial charge is 0.334 e. The lowest BCUT2D eigenvalue weighted by atomic mass is 10.1. The third-order valence-electron chi connectivity index (χ3n) is 2.38. The zero-order chi connectivity index (χ0) is 11.5. The first-order valence-electron chi connectivity index (χ1n) is 4.84. The van der Waals surface area contributed by atoms with E-state index < -0.39 is 12.3 Å². The van der Waals surface area contributed by atoms with Crippen LogP contribution in [0.15, 0.2) is 30.3 Å². The van der Waals surface area contributed by atoms with Crippen LogP contribution in [0.25, 0.3) is 5.76 Å². The van der Waals surface area contributed by atoms with Crippen LogP contribution in [0.3, 0.4) is 0 Å². The summed E-state index contributed by atoms with van der Waals surface area (Å²) >= 11 is 0. The molecule has 1 aliphatic rings. The fraction of sp³-hybridized carbons (Fsp3) is 0.250. The van der Waals surface area contributed by atoms with Gasteiger partial charge in [0.25, 0.3) is 0 Å². The van der Waals surface area contributed by atoms with Crippen molar-refractivity contribution in [1.82, 2.24) is 0 Å². The van der Waals surface area contributed by atoms with E-state index in [9.17, 15) is 4.79 Å². The Balaban J connectivity index is 2.39. The van der Waals surface area contributed by atoms with Crippen LogP contribution < -0.4 is 0 Å². The van der Waals surface area contributed by atoms with Crippen molar-refractivity contribution in [3.05, 3.63) is 41.5 Å². The molecular weight excluding hydrogens is 208 g/mol. The number of hydrogen-bond donors (Lipinski definition) is 0. The van der Waals surface area contributed by atoms with Crippen molar-refractivity contribution in [2.24, 2.45) is 0 Å². The average Bonchev–Trinajstić information content (AvgIpc) is 2.68. The largest absolute Gasteiger partial charge is 0.466 e. The third kappa shape index (κ3) is 1.79. The molecule has 0 spiro atoms. The van der Waals surface area contributed by atoms with Gasteiger partial charge in [-0.25, -0.2) is 4.79 Å². The van der Waals surface area contributed by atoms with Crippen LogP contribution in [0.2, 0.25) is 0 Å². The van der Waals surface area contributed by atoms with Crippen LogP contribution in [0.4, 0.5) is 0 Å². The standard InChI is InChI=1S/C12H12O4/c1-14-11(13)7-10-8-5-3-4-6-9(8)12(15-2)16-10/h3-7,12H,1-2H3/b10-7+. The van der Waals surface area contributed by atoms with Crippen LogP contribution in [0.5, 0.6) is 0 Å². The lowest BCUT2D eigenvalue weighted by Gasteiger charge is -2.08. The fourth-order valence-corrected chi connectivity index (χ4v) is 1.62. The molecule has 16 heavy (non-hydrogen) atoms. The van der Waals surface area contributed by atoms with Crippen LogP contribution in [0, 0.1) is 0 Å². The van der Waals surface area contributed by atoms with Crippen LogP contribution >= 0.6 is 0 Å². The zero-order valence-corrected chi connectivity index (χ0v) is 9.10. The summed E-state index contributed by atoms with van der Waals surface area (Å²) in [5.41, 5.74) is 1.78. The van der Waals surface area contributed by atoms with E-state index in [0.29, 0.717) is 5.76 Å². The number of esters is 1. The molecule has 0 aromatic heterocycles. The number of hydrogen-bond acceptors (Lipinski definition) is 4. The van der Waals surface area contributed by atoms with Gasteiger partial charge >= 0.3 is 5.97 Å². The molecule has 84 valence electrons. The Morgan fingerprint density at radius 1 is 1.38 bits per heavy atom. The minimum Gasteiger partial charge on any atom is -0.466 e. The summed E-state index contributed by atoms with van der Waals surface area (Å²) in [4.78, 5) is 11.2. The Morgan fingerprint density at radius 2 is 2.12 bits per heavy atom. The molecule has 2 rings (SSSR count). The molecule has 0 bridgehead atoms. The van der Waals surface area contributed by atoms with Crippen LogP contribution in [0.1, 0.15) is 17.4 Å². The van der Waals surface area contributed by atoms with Gasteiger partial charge in [-0.3, -0.25) is 0 Å². The minimum absolute atomic E-state index is 0.443. The molecule has 1 unspecified atom stereocenters. The van der Waals surface area contributed by atoms with Gasteiger partial charge in [0, 0.05) is 18.2 Å². The van der Waals surface area contributed by atoms with E-state index in [1.165, 1.54) is 13.2 Å². The fourth-order valence-electron chi connectivity index (χ4n) is 1.62. The number of ether oxygens (including phenoxy) is 3. The molecule has 1 aliphatic heterocycles. The molecule has 1 aromatic carbocycles. The van der Waals surface area contributed by atoms with Gasteiger partial charge in [0.15, 0.2) is 0 Å². The number of methoxy groups -OCH3 is 2. The Hall–Kier alpha value is -1.81.